The number of ether oxygens (including phenoxy) is 8. The van der Waals surface area contributed by atoms with Crippen molar-refractivity contribution in [3.05, 3.63) is 245 Å². The van der Waals surface area contributed by atoms with Crippen LogP contribution in [0.15, 0.2) is 206 Å². The maximum absolute atomic E-state index is 12.7. The molecule has 0 aliphatic carbocycles. The number of nitrogen functional groups attached to an aromatic ring is 2. The summed E-state index contributed by atoms with van der Waals surface area (Å²) in [6.07, 6.45) is 3.16. The summed E-state index contributed by atoms with van der Waals surface area (Å²) in [6, 6.07) is 58.9. The van der Waals surface area contributed by atoms with E-state index in [1.54, 1.807) is 13.8 Å². The molecule has 6 aromatic carbocycles. The van der Waals surface area contributed by atoms with Gasteiger partial charge in [-0.05, 0) is 53.5 Å². The van der Waals surface area contributed by atoms with E-state index in [1.807, 2.05) is 188 Å². The number of nitrogens with zero attached hydrogens (tertiary/aromatic N) is 8. The zero-order valence-corrected chi connectivity index (χ0v) is 48.6. The summed E-state index contributed by atoms with van der Waals surface area (Å²) in [5, 5.41) is 34.6. The van der Waals surface area contributed by atoms with Crippen LogP contribution >= 0.6 is 11.8 Å². The third kappa shape index (κ3) is 13.3. The van der Waals surface area contributed by atoms with E-state index in [2.05, 4.69) is 30.1 Å². The van der Waals surface area contributed by atoms with E-state index in [9.17, 15) is 10.2 Å². The van der Waals surface area contributed by atoms with Gasteiger partial charge in [-0.3, -0.25) is 0 Å². The number of anilines is 2. The first-order chi connectivity index (χ1) is 41.9. The monoisotopic (exact) mass is 1200 g/mol. The lowest BCUT2D eigenvalue weighted by atomic mass is 9.87. The fourth-order valence-corrected chi connectivity index (χ4v) is 11.1. The van der Waals surface area contributed by atoms with E-state index in [0.717, 1.165) is 33.4 Å². The van der Waals surface area contributed by atoms with E-state index in [0.29, 0.717) is 29.7 Å². The van der Waals surface area contributed by atoms with Gasteiger partial charge in [0.05, 0.1) is 65.2 Å². The van der Waals surface area contributed by atoms with Crippen LogP contribution in [0.25, 0.3) is 11.3 Å². The molecular weight excluding hydrogens is 1120 g/mol. The third-order valence-electron chi connectivity index (χ3n) is 15.4. The molecule has 0 bridgehead atoms. The molecule has 2 saturated heterocycles. The summed E-state index contributed by atoms with van der Waals surface area (Å²) in [5.41, 5.74) is 16.3. The lowest BCUT2D eigenvalue weighted by molar-refractivity contribution is -0.294. The maximum atomic E-state index is 12.7. The SMILES string of the molecule is C.CSc1nc(N)c2ncc(C3(O)O[C@H](COCc4ccccc4)[C@@H](OCc4ccccc4)[C@@]3(C)OCc3ccccc3)n2n1.C[C@@]1(OCc2ccccc2)[C@H](OCc2ccccc2)[C@@H](COCc2ccccc2)OC1(O)c1cnc2c(N)ncnn12. The number of rotatable bonds is 23. The molecule has 452 valence electrons. The van der Waals surface area contributed by atoms with Crippen LogP contribution in [0.1, 0.15) is 66.0 Å². The molecule has 87 heavy (non-hydrogen) atoms. The molecule has 2 aliphatic heterocycles. The average molecular weight is 1200 g/mol. The Morgan fingerprint density at radius 2 is 0.851 bits per heavy atom. The van der Waals surface area contributed by atoms with Gasteiger partial charge in [-0.15, -0.1) is 5.10 Å². The minimum Gasteiger partial charge on any atom is -0.381 e. The van der Waals surface area contributed by atoms with Crippen LogP contribution in [0, 0.1) is 0 Å². The van der Waals surface area contributed by atoms with Crippen LogP contribution in [-0.2, 0) is 89.1 Å². The van der Waals surface area contributed by atoms with Crippen molar-refractivity contribution >= 4 is 34.7 Å². The molecular formula is C66H72N10O10S. The van der Waals surface area contributed by atoms with Gasteiger partial charge in [0.25, 0.3) is 0 Å². The number of imidazole rings is 2. The van der Waals surface area contributed by atoms with Crippen molar-refractivity contribution in [1.82, 2.24) is 39.2 Å². The zero-order valence-electron chi connectivity index (χ0n) is 47.8. The number of thioether (sulfide) groups is 1. The molecule has 0 saturated carbocycles. The van der Waals surface area contributed by atoms with Gasteiger partial charge in [0.2, 0.25) is 16.7 Å². The molecule has 12 rings (SSSR count). The van der Waals surface area contributed by atoms with Crippen molar-refractivity contribution in [1.29, 1.82) is 0 Å². The summed E-state index contributed by atoms with van der Waals surface area (Å²) < 4.78 is 54.7. The molecule has 0 radical (unpaired) electrons. The Morgan fingerprint density at radius 1 is 0.494 bits per heavy atom. The Morgan fingerprint density at radius 3 is 1.24 bits per heavy atom. The fourth-order valence-electron chi connectivity index (χ4n) is 10.8. The van der Waals surface area contributed by atoms with E-state index < -0.39 is 47.2 Å². The third-order valence-corrected chi connectivity index (χ3v) is 16.0. The van der Waals surface area contributed by atoms with Crippen molar-refractivity contribution in [2.24, 2.45) is 0 Å². The smallest absolute Gasteiger partial charge is 0.244 e. The second-order valence-corrected chi connectivity index (χ2v) is 22.0. The molecule has 4 aromatic heterocycles. The van der Waals surface area contributed by atoms with E-state index in [-0.39, 0.29) is 70.1 Å². The van der Waals surface area contributed by atoms with Gasteiger partial charge in [0.1, 0.15) is 42.1 Å². The molecule has 2 fully saturated rings. The Balaban J connectivity index is 0.000000191. The van der Waals surface area contributed by atoms with Gasteiger partial charge in [-0.1, -0.05) is 201 Å². The van der Waals surface area contributed by atoms with Crippen LogP contribution < -0.4 is 11.5 Å². The normalized spacial score (nSPS) is 23.3. The molecule has 0 spiro atoms. The zero-order chi connectivity index (χ0) is 59.6. The second kappa shape index (κ2) is 27.8. The standard InChI is InChI=1S/C33H35N5O5S.C32H33N5O5.CH4/c1-32(42-21-25-16-10-5-11-17-25)28(41-20-24-14-8-4-9-15-24)26(22-40-19-23-12-6-3-7-13-23)43-33(32,39)27-18-35-30-29(34)36-31(44-2)37-38(27)30;1-31(41-20-25-15-9-4-10-16-25)28(40-19-24-13-7-3-8-14-24)26(21-39-18-23-11-5-2-6-12-23)42-32(31,38)27-17-34-30-29(33)35-22-36-37(27)30;/h3-18,26,28,39H,19-22H2,1-2H3,(H2,34,36,37);2-17,22,26,28,38H,18-21H2,1H3,(H2,33,35,36);1H4/t26-,28-,32-,33?;26-,28-,31-,32?;/m11./s1. The topological polar surface area (TPSA) is 252 Å². The minimum atomic E-state index is -2.07. The van der Waals surface area contributed by atoms with Crippen LogP contribution in [-0.4, -0.2) is 104 Å². The number of fused-ring (bicyclic) bond motifs is 2. The van der Waals surface area contributed by atoms with Crippen molar-refractivity contribution in [3.63, 3.8) is 0 Å². The first kappa shape index (κ1) is 62.0. The molecule has 6 N–H and O–H groups in total. The van der Waals surface area contributed by atoms with Crippen molar-refractivity contribution in [2.75, 3.05) is 30.9 Å². The van der Waals surface area contributed by atoms with Gasteiger partial charge in [-0.25, -0.2) is 29.0 Å². The Kier molecular flexibility index (Phi) is 19.8. The lowest BCUT2D eigenvalue weighted by Gasteiger charge is -2.39. The van der Waals surface area contributed by atoms with Gasteiger partial charge in [-0.2, -0.15) is 5.10 Å². The van der Waals surface area contributed by atoms with Gasteiger partial charge in [0.15, 0.2) is 34.1 Å². The Hall–Kier alpha value is -8.03. The second-order valence-electron chi connectivity index (χ2n) is 21.2. The van der Waals surface area contributed by atoms with E-state index >= 15 is 0 Å². The number of aromatic nitrogens is 8. The van der Waals surface area contributed by atoms with Gasteiger partial charge < -0.3 is 59.6 Å². The minimum absolute atomic E-state index is 0. The first-order valence-electron chi connectivity index (χ1n) is 28.1. The molecule has 20 nitrogen and oxygen atoms in total. The van der Waals surface area contributed by atoms with Gasteiger partial charge in [0, 0.05) is 0 Å². The van der Waals surface area contributed by atoms with Crippen LogP contribution in [0.5, 0.6) is 0 Å². The van der Waals surface area contributed by atoms with Crippen LogP contribution in [0.2, 0.25) is 0 Å². The largest absolute Gasteiger partial charge is 0.381 e. The van der Waals surface area contributed by atoms with E-state index in [1.165, 1.54) is 39.5 Å². The summed E-state index contributed by atoms with van der Waals surface area (Å²) in [5.74, 6) is -3.77. The maximum Gasteiger partial charge on any atom is 0.244 e. The molecule has 2 unspecified atom stereocenters. The molecule has 8 atom stereocenters. The number of aliphatic hydroxyl groups is 2. The number of benzene rings is 6. The van der Waals surface area contributed by atoms with Crippen molar-refractivity contribution < 1.29 is 48.1 Å². The summed E-state index contributed by atoms with van der Waals surface area (Å²) in [6.45, 7) is 5.49. The fraction of sp³-hybridized carbons (Fsp3) is 0.303. The molecule has 21 heteroatoms. The van der Waals surface area contributed by atoms with Crippen molar-refractivity contribution in [2.45, 2.75) is 113 Å². The molecule has 2 aliphatic rings. The molecule has 10 aromatic rings. The first-order valence-corrected chi connectivity index (χ1v) is 29.3. The Labute approximate surface area is 509 Å². The highest BCUT2D eigenvalue weighted by Crippen LogP contribution is 2.51. The van der Waals surface area contributed by atoms with Gasteiger partial charge >= 0.3 is 0 Å². The molecule has 6 heterocycles. The number of hydrogen-bond acceptors (Lipinski definition) is 19. The highest BCUT2D eigenvalue weighted by Gasteiger charge is 2.68. The van der Waals surface area contributed by atoms with Crippen LogP contribution in [0.3, 0.4) is 0 Å². The van der Waals surface area contributed by atoms with Crippen molar-refractivity contribution in [3.8, 4) is 0 Å². The lowest BCUT2D eigenvalue weighted by Crippen LogP contribution is -2.55. The summed E-state index contributed by atoms with van der Waals surface area (Å²) in [7, 11) is 0. The average Bonchev–Trinajstić information content (AvgIpc) is 1.71. The molecule has 0 amide bonds. The quantitative estimate of drug-likeness (QED) is 0.0435. The predicted octanol–water partition coefficient (Wildman–Crippen LogP) is 9.41. The highest BCUT2D eigenvalue weighted by atomic mass is 32.2. The highest BCUT2D eigenvalue weighted by molar-refractivity contribution is 7.98. The summed E-state index contributed by atoms with van der Waals surface area (Å²) in [4.78, 5) is 17.2. The van der Waals surface area contributed by atoms with Crippen LogP contribution in [0.4, 0.5) is 11.6 Å². The Bertz CT molecular complexity index is 3770. The predicted molar refractivity (Wildman–Crippen MR) is 328 cm³/mol. The van der Waals surface area contributed by atoms with E-state index in [4.69, 9.17) is 49.4 Å². The number of hydrogen-bond donors (Lipinski definition) is 4. The summed E-state index contributed by atoms with van der Waals surface area (Å²) >= 11 is 1.33. The number of nitrogens with two attached hydrogens (primary N) is 2.